The molecular formula is C13H18ClNO. The van der Waals surface area contributed by atoms with Gasteiger partial charge in [-0.25, -0.2) is 0 Å². The summed E-state index contributed by atoms with van der Waals surface area (Å²) >= 11 is 5.86. The van der Waals surface area contributed by atoms with Crippen molar-refractivity contribution in [3.63, 3.8) is 0 Å². The van der Waals surface area contributed by atoms with E-state index in [2.05, 4.69) is 18.9 Å². The zero-order valence-corrected chi connectivity index (χ0v) is 10.5. The van der Waals surface area contributed by atoms with Crippen molar-refractivity contribution in [2.45, 2.75) is 31.4 Å². The van der Waals surface area contributed by atoms with Gasteiger partial charge in [0.25, 0.3) is 0 Å². The minimum Gasteiger partial charge on any atom is -0.385 e. The first-order valence-corrected chi connectivity index (χ1v) is 6.08. The highest BCUT2D eigenvalue weighted by molar-refractivity contribution is 6.30. The largest absolute Gasteiger partial charge is 0.385 e. The lowest BCUT2D eigenvalue weighted by Gasteiger charge is -2.41. The smallest absolute Gasteiger partial charge is 0.0923 e. The second-order valence-electron chi connectivity index (χ2n) is 4.82. The molecule has 1 N–H and O–H groups in total. The van der Waals surface area contributed by atoms with Crippen molar-refractivity contribution in [3.05, 3.63) is 34.9 Å². The number of piperidine rings is 1. The lowest BCUT2D eigenvalue weighted by molar-refractivity contribution is -0.0408. The van der Waals surface area contributed by atoms with E-state index in [0.717, 1.165) is 24.9 Å². The number of nitrogens with zero attached hydrogens (tertiary/aromatic N) is 1. The predicted molar refractivity (Wildman–Crippen MR) is 66.7 cm³/mol. The van der Waals surface area contributed by atoms with Gasteiger partial charge in [0, 0.05) is 17.6 Å². The average molecular weight is 240 g/mol. The molecule has 0 radical (unpaired) electrons. The molecule has 0 aromatic heterocycles. The van der Waals surface area contributed by atoms with Crippen molar-refractivity contribution >= 4 is 11.6 Å². The number of halogens is 1. The molecule has 0 saturated carbocycles. The number of benzene rings is 1. The van der Waals surface area contributed by atoms with Crippen molar-refractivity contribution in [2.75, 3.05) is 13.6 Å². The first kappa shape index (κ1) is 11.9. The fraction of sp³-hybridized carbons (Fsp3) is 0.538. The maximum absolute atomic E-state index is 10.7. The van der Waals surface area contributed by atoms with Crippen LogP contribution < -0.4 is 0 Å². The van der Waals surface area contributed by atoms with Crippen molar-refractivity contribution in [2.24, 2.45) is 0 Å². The molecule has 2 unspecified atom stereocenters. The van der Waals surface area contributed by atoms with Crippen LogP contribution >= 0.6 is 11.6 Å². The molecule has 16 heavy (non-hydrogen) atoms. The normalized spacial score (nSPS) is 31.6. The fourth-order valence-corrected chi connectivity index (χ4v) is 2.48. The number of rotatable bonds is 1. The molecule has 2 nitrogen and oxygen atoms in total. The van der Waals surface area contributed by atoms with Gasteiger partial charge in [-0.1, -0.05) is 23.7 Å². The second-order valence-corrected chi connectivity index (χ2v) is 5.26. The zero-order chi connectivity index (χ0) is 11.8. The van der Waals surface area contributed by atoms with Gasteiger partial charge in [0.1, 0.15) is 0 Å². The summed E-state index contributed by atoms with van der Waals surface area (Å²) < 4.78 is 0. The Balaban J connectivity index is 2.22. The lowest BCUT2D eigenvalue weighted by Crippen LogP contribution is -2.45. The maximum atomic E-state index is 10.7. The van der Waals surface area contributed by atoms with Crippen LogP contribution in [0.2, 0.25) is 5.02 Å². The van der Waals surface area contributed by atoms with Gasteiger partial charge in [-0.2, -0.15) is 0 Å². The summed E-state index contributed by atoms with van der Waals surface area (Å²) in [6.07, 6.45) is 1.57. The molecule has 0 bridgehead atoms. The summed E-state index contributed by atoms with van der Waals surface area (Å²) in [5.74, 6) is 0. The molecule has 2 rings (SSSR count). The van der Waals surface area contributed by atoms with Crippen molar-refractivity contribution in [1.82, 2.24) is 4.90 Å². The van der Waals surface area contributed by atoms with E-state index >= 15 is 0 Å². The van der Waals surface area contributed by atoms with Crippen LogP contribution in [0.1, 0.15) is 25.3 Å². The third kappa shape index (κ3) is 2.24. The summed E-state index contributed by atoms with van der Waals surface area (Å²) in [6.45, 7) is 3.08. The molecule has 0 spiro atoms. The monoisotopic (exact) mass is 239 g/mol. The van der Waals surface area contributed by atoms with Crippen molar-refractivity contribution < 1.29 is 5.11 Å². The standard InChI is InChI=1S/C13H18ClNO/c1-10-9-13(16,7-8-15(10)2)11-3-5-12(14)6-4-11/h3-6,10,16H,7-9H2,1-2H3. The second kappa shape index (κ2) is 4.36. The Labute approximate surface area is 102 Å². The lowest BCUT2D eigenvalue weighted by atomic mass is 9.81. The maximum Gasteiger partial charge on any atom is 0.0923 e. The molecule has 0 amide bonds. The first-order valence-electron chi connectivity index (χ1n) is 5.70. The van der Waals surface area contributed by atoms with Gasteiger partial charge in [-0.3, -0.25) is 0 Å². The molecule has 1 aromatic carbocycles. The number of aliphatic hydroxyl groups is 1. The van der Waals surface area contributed by atoms with Crippen LogP contribution in [0.4, 0.5) is 0 Å². The molecule has 1 heterocycles. The summed E-state index contributed by atoms with van der Waals surface area (Å²) in [5.41, 5.74) is 0.299. The molecule has 0 aliphatic carbocycles. The van der Waals surface area contributed by atoms with Gasteiger partial charge in [0.05, 0.1) is 5.60 Å². The Morgan fingerprint density at radius 3 is 2.56 bits per heavy atom. The van der Waals surface area contributed by atoms with Crippen LogP contribution in [0, 0.1) is 0 Å². The Bertz CT molecular complexity index is 365. The van der Waals surface area contributed by atoms with E-state index in [1.807, 2.05) is 24.3 Å². The van der Waals surface area contributed by atoms with E-state index < -0.39 is 5.60 Å². The highest BCUT2D eigenvalue weighted by Gasteiger charge is 2.36. The van der Waals surface area contributed by atoms with Crippen LogP contribution in [-0.2, 0) is 5.60 Å². The quantitative estimate of drug-likeness (QED) is 0.815. The van der Waals surface area contributed by atoms with E-state index in [9.17, 15) is 5.11 Å². The zero-order valence-electron chi connectivity index (χ0n) is 9.78. The van der Waals surface area contributed by atoms with Gasteiger partial charge in [-0.05, 0) is 44.5 Å². The third-order valence-electron chi connectivity index (χ3n) is 3.65. The van der Waals surface area contributed by atoms with Crippen LogP contribution in [0.25, 0.3) is 0 Å². The van der Waals surface area contributed by atoms with Gasteiger partial charge in [-0.15, -0.1) is 0 Å². The third-order valence-corrected chi connectivity index (χ3v) is 3.90. The summed E-state index contributed by atoms with van der Waals surface area (Å²) in [7, 11) is 2.10. The van der Waals surface area contributed by atoms with E-state index in [4.69, 9.17) is 11.6 Å². The van der Waals surface area contributed by atoms with E-state index in [1.54, 1.807) is 0 Å². The van der Waals surface area contributed by atoms with Crippen LogP contribution in [0.15, 0.2) is 24.3 Å². The Hall–Kier alpha value is -0.570. The number of hydrogen-bond acceptors (Lipinski definition) is 2. The molecular weight excluding hydrogens is 222 g/mol. The summed E-state index contributed by atoms with van der Waals surface area (Å²) in [6, 6.07) is 7.96. The molecule has 88 valence electrons. The SMILES string of the molecule is CC1CC(O)(c2ccc(Cl)cc2)CCN1C. The van der Waals surface area contributed by atoms with Gasteiger partial charge in [0.15, 0.2) is 0 Å². The predicted octanol–water partition coefficient (Wildman–Crippen LogP) is 2.64. The van der Waals surface area contributed by atoms with E-state index in [1.165, 1.54) is 0 Å². The van der Waals surface area contributed by atoms with Crippen LogP contribution in [-0.4, -0.2) is 29.6 Å². The van der Waals surface area contributed by atoms with Crippen molar-refractivity contribution in [1.29, 1.82) is 0 Å². The molecule has 1 aliphatic rings. The molecule has 1 fully saturated rings. The molecule has 1 saturated heterocycles. The first-order chi connectivity index (χ1) is 7.51. The van der Waals surface area contributed by atoms with Crippen molar-refractivity contribution in [3.8, 4) is 0 Å². The summed E-state index contributed by atoms with van der Waals surface area (Å²) in [4.78, 5) is 2.28. The van der Waals surface area contributed by atoms with Gasteiger partial charge >= 0.3 is 0 Å². The highest BCUT2D eigenvalue weighted by atomic mass is 35.5. The van der Waals surface area contributed by atoms with Gasteiger partial charge < -0.3 is 10.0 Å². The minimum absolute atomic E-state index is 0.412. The molecule has 3 heteroatoms. The Kier molecular flexibility index (Phi) is 3.24. The van der Waals surface area contributed by atoms with Crippen LogP contribution in [0.5, 0.6) is 0 Å². The molecule has 2 atom stereocenters. The van der Waals surface area contributed by atoms with E-state index in [-0.39, 0.29) is 0 Å². The number of likely N-dealkylation sites (tertiary alicyclic amines) is 1. The topological polar surface area (TPSA) is 23.5 Å². The van der Waals surface area contributed by atoms with Crippen LogP contribution in [0.3, 0.4) is 0 Å². The summed E-state index contributed by atoms with van der Waals surface area (Å²) in [5, 5.41) is 11.4. The average Bonchev–Trinajstić information content (AvgIpc) is 2.25. The minimum atomic E-state index is -0.684. The van der Waals surface area contributed by atoms with E-state index in [0.29, 0.717) is 11.1 Å². The molecule has 1 aromatic rings. The number of hydrogen-bond donors (Lipinski definition) is 1. The molecule has 1 aliphatic heterocycles. The van der Waals surface area contributed by atoms with Gasteiger partial charge in [0.2, 0.25) is 0 Å². The Morgan fingerprint density at radius 1 is 1.38 bits per heavy atom. The fourth-order valence-electron chi connectivity index (χ4n) is 2.35. The highest BCUT2D eigenvalue weighted by Crippen LogP contribution is 2.35. The Morgan fingerprint density at radius 2 is 2.00 bits per heavy atom.